The summed E-state index contributed by atoms with van der Waals surface area (Å²) < 4.78 is 6.55. The molecule has 0 unspecified atom stereocenters. The van der Waals surface area contributed by atoms with E-state index >= 15 is 0 Å². The third-order valence-electron chi connectivity index (χ3n) is 3.17. The monoisotopic (exact) mass is 327 g/mol. The van der Waals surface area contributed by atoms with Crippen LogP contribution >= 0.6 is 15.9 Å². The van der Waals surface area contributed by atoms with E-state index in [1.165, 1.54) is 5.56 Å². The number of pyridine rings is 1. The van der Waals surface area contributed by atoms with Gasteiger partial charge >= 0.3 is 0 Å². The van der Waals surface area contributed by atoms with Gasteiger partial charge < -0.3 is 15.0 Å². The fourth-order valence-electron chi connectivity index (χ4n) is 2.25. The summed E-state index contributed by atoms with van der Waals surface area (Å²) in [5.74, 6) is 1.09. The van der Waals surface area contributed by atoms with Crippen molar-refractivity contribution < 1.29 is 4.74 Å². The van der Waals surface area contributed by atoms with Crippen molar-refractivity contribution in [2.45, 2.75) is 26.3 Å². The second-order valence-corrected chi connectivity index (χ2v) is 5.68. The van der Waals surface area contributed by atoms with Gasteiger partial charge in [-0.3, -0.25) is 0 Å². The van der Waals surface area contributed by atoms with Crippen LogP contribution in [0.4, 0.5) is 5.82 Å². The zero-order chi connectivity index (χ0) is 13.5. The molecule has 19 heavy (non-hydrogen) atoms. The van der Waals surface area contributed by atoms with E-state index in [9.17, 15) is 0 Å². The van der Waals surface area contributed by atoms with Gasteiger partial charge in [0.2, 0.25) is 0 Å². The first-order valence-corrected chi connectivity index (χ1v) is 7.78. The predicted octanol–water partition coefficient (Wildman–Crippen LogP) is 2.57. The molecule has 5 heteroatoms. The first-order valence-electron chi connectivity index (χ1n) is 6.99. The zero-order valence-corrected chi connectivity index (χ0v) is 13.1. The Bertz CT molecular complexity index is 392. The maximum absolute atomic E-state index is 5.51. The highest BCUT2D eigenvalue weighted by molar-refractivity contribution is 9.10. The molecule has 1 N–H and O–H groups in total. The minimum Gasteiger partial charge on any atom is -0.380 e. The van der Waals surface area contributed by atoms with E-state index in [0.717, 1.165) is 62.5 Å². The Balaban J connectivity index is 2.12. The molecule has 1 fully saturated rings. The Morgan fingerprint density at radius 1 is 1.42 bits per heavy atom. The van der Waals surface area contributed by atoms with Crippen LogP contribution in [-0.2, 0) is 11.3 Å². The quantitative estimate of drug-likeness (QED) is 0.843. The van der Waals surface area contributed by atoms with Crippen molar-refractivity contribution in [3.05, 3.63) is 22.3 Å². The summed E-state index contributed by atoms with van der Waals surface area (Å²) >= 11 is 3.51. The molecule has 1 aliphatic rings. The second kappa shape index (κ2) is 7.82. The molecule has 0 atom stereocenters. The van der Waals surface area contributed by atoms with Gasteiger partial charge in [-0.2, -0.15) is 0 Å². The summed E-state index contributed by atoms with van der Waals surface area (Å²) in [6, 6.07) is 2.16. The molecule has 0 bridgehead atoms. The average molecular weight is 328 g/mol. The lowest BCUT2D eigenvalue weighted by Gasteiger charge is -2.23. The van der Waals surface area contributed by atoms with E-state index in [4.69, 9.17) is 4.74 Å². The molecule has 1 aromatic rings. The fourth-order valence-corrected chi connectivity index (χ4v) is 2.63. The minimum atomic E-state index is 0.791. The summed E-state index contributed by atoms with van der Waals surface area (Å²) in [7, 11) is 0. The highest BCUT2D eigenvalue weighted by atomic mass is 79.9. The maximum Gasteiger partial charge on any atom is 0.133 e. The topological polar surface area (TPSA) is 37.4 Å². The van der Waals surface area contributed by atoms with Gasteiger partial charge in [0.25, 0.3) is 0 Å². The van der Waals surface area contributed by atoms with Crippen LogP contribution in [-0.4, -0.2) is 37.8 Å². The lowest BCUT2D eigenvalue weighted by molar-refractivity contribution is 0.152. The molecular weight excluding hydrogens is 306 g/mol. The Hall–Kier alpha value is -0.650. The third kappa shape index (κ3) is 4.44. The number of rotatable bonds is 5. The highest BCUT2D eigenvalue weighted by Gasteiger charge is 2.15. The van der Waals surface area contributed by atoms with Gasteiger partial charge in [0, 0.05) is 42.5 Å². The lowest BCUT2D eigenvalue weighted by atomic mass is 10.2. The van der Waals surface area contributed by atoms with Crippen LogP contribution in [0.3, 0.4) is 0 Å². The SMILES string of the molecule is CCCNCc1cc(Br)cnc1N1CCCOCC1. The van der Waals surface area contributed by atoms with Crippen molar-refractivity contribution >= 4 is 21.7 Å². The molecule has 1 aliphatic heterocycles. The largest absolute Gasteiger partial charge is 0.380 e. The Labute approximate surface area is 123 Å². The van der Waals surface area contributed by atoms with Crippen LogP contribution < -0.4 is 10.2 Å². The van der Waals surface area contributed by atoms with Crippen LogP contribution in [0.5, 0.6) is 0 Å². The summed E-state index contributed by atoms with van der Waals surface area (Å²) in [6.45, 7) is 7.68. The minimum absolute atomic E-state index is 0.791. The fraction of sp³-hybridized carbons (Fsp3) is 0.643. The molecule has 1 aromatic heterocycles. The smallest absolute Gasteiger partial charge is 0.133 e. The molecule has 1 saturated heterocycles. The first-order chi connectivity index (χ1) is 9.31. The molecular formula is C14H22BrN3O. The Morgan fingerprint density at radius 2 is 2.32 bits per heavy atom. The average Bonchev–Trinajstić information content (AvgIpc) is 2.68. The number of nitrogens with zero attached hydrogens (tertiary/aromatic N) is 2. The van der Waals surface area contributed by atoms with E-state index in [2.05, 4.69) is 44.1 Å². The molecule has 2 heterocycles. The van der Waals surface area contributed by atoms with Crippen molar-refractivity contribution in [3.63, 3.8) is 0 Å². The standard InChI is InChI=1S/C14H22BrN3O/c1-2-4-16-10-12-9-13(15)11-17-14(12)18-5-3-7-19-8-6-18/h9,11,16H,2-8,10H2,1H3. The summed E-state index contributed by atoms with van der Waals surface area (Å²) in [5.41, 5.74) is 1.25. The van der Waals surface area contributed by atoms with Crippen LogP contribution in [0.1, 0.15) is 25.3 Å². The van der Waals surface area contributed by atoms with Gasteiger partial charge in [-0.1, -0.05) is 6.92 Å². The normalized spacial score (nSPS) is 16.4. The van der Waals surface area contributed by atoms with E-state index < -0.39 is 0 Å². The number of hydrogen-bond donors (Lipinski definition) is 1. The van der Waals surface area contributed by atoms with Gasteiger partial charge in [-0.05, 0) is 41.4 Å². The van der Waals surface area contributed by atoms with Gasteiger partial charge in [0.05, 0.1) is 6.61 Å². The third-order valence-corrected chi connectivity index (χ3v) is 3.61. The second-order valence-electron chi connectivity index (χ2n) is 4.77. The molecule has 0 aromatic carbocycles. The number of nitrogens with one attached hydrogen (secondary N) is 1. The van der Waals surface area contributed by atoms with Gasteiger partial charge in [-0.25, -0.2) is 4.98 Å². The van der Waals surface area contributed by atoms with Crippen molar-refractivity contribution in [2.75, 3.05) is 37.7 Å². The molecule has 2 rings (SSSR count). The van der Waals surface area contributed by atoms with Crippen molar-refractivity contribution in [1.29, 1.82) is 0 Å². The number of aromatic nitrogens is 1. The van der Waals surface area contributed by atoms with Crippen LogP contribution in [0.25, 0.3) is 0 Å². The predicted molar refractivity (Wildman–Crippen MR) is 81.6 cm³/mol. The number of halogens is 1. The van der Waals surface area contributed by atoms with E-state index in [0.29, 0.717) is 0 Å². The number of ether oxygens (including phenoxy) is 1. The summed E-state index contributed by atoms with van der Waals surface area (Å²) in [6.07, 6.45) is 4.10. The number of anilines is 1. The molecule has 0 spiro atoms. The summed E-state index contributed by atoms with van der Waals surface area (Å²) in [5, 5.41) is 3.45. The van der Waals surface area contributed by atoms with E-state index in [1.807, 2.05) is 6.20 Å². The Morgan fingerprint density at radius 3 is 3.16 bits per heavy atom. The highest BCUT2D eigenvalue weighted by Crippen LogP contribution is 2.22. The van der Waals surface area contributed by atoms with Crippen molar-refractivity contribution in [1.82, 2.24) is 10.3 Å². The Kier molecular flexibility index (Phi) is 6.07. The molecule has 106 valence electrons. The van der Waals surface area contributed by atoms with E-state index in [-0.39, 0.29) is 0 Å². The van der Waals surface area contributed by atoms with Crippen LogP contribution in [0, 0.1) is 0 Å². The first kappa shape index (κ1) is 14.8. The van der Waals surface area contributed by atoms with Crippen molar-refractivity contribution in [3.8, 4) is 0 Å². The maximum atomic E-state index is 5.51. The molecule has 0 saturated carbocycles. The number of hydrogen-bond acceptors (Lipinski definition) is 4. The van der Waals surface area contributed by atoms with Crippen molar-refractivity contribution in [2.24, 2.45) is 0 Å². The zero-order valence-electron chi connectivity index (χ0n) is 11.5. The van der Waals surface area contributed by atoms with E-state index in [1.54, 1.807) is 0 Å². The molecule has 0 radical (unpaired) electrons. The van der Waals surface area contributed by atoms with Gasteiger partial charge in [-0.15, -0.1) is 0 Å². The van der Waals surface area contributed by atoms with Gasteiger partial charge in [0.1, 0.15) is 5.82 Å². The molecule has 0 aliphatic carbocycles. The van der Waals surface area contributed by atoms with Gasteiger partial charge in [0.15, 0.2) is 0 Å². The molecule has 4 nitrogen and oxygen atoms in total. The summed E-state index contributed by atoms with van der Waals surface area (Å²) in [4.78, 5) is 6.94. The van der Waals surface area contributed by atoms with Crippen LogP contribution in [0.2, 0.25) is 0 Å². The lowest BCUT2D eigenvalue weighted by Crippen LogP contribution is -2.29. The molecule has 0 amide bonds. The van der Waals surface area contributed by atoms with Crippen LogP contribution in [0.15, 0.2) is 16.7 Å².